The van der Waals surface area contributed by atoms with Gasteiger partial charge in [-0.05, 0) is 49.1 Å². The van der Waals surface area contributed by atoms with E-state index in [9.17, 15) is 8.78 Å². The second-order valence-corrected chi connectivity index (χ2v) is 4.86. The van der Waals surface area contributed by atoms with E-state index < -0.39 is 6.04 Å². The van der Waals surface area contributed by atoms with Crippen molar-refractivity contribution in [1.29, 1.82) is 0 Å². The Hall–Kier alpha value is -1.74. The van der Waals surface area contributed by atoms with Gasteiger partial charge in [0.15, 0.2) is 0 Å². The van der Waals surface area contributed by atoms with Gasteiger partial charge in [0.2, 0.25) is 0 Å². The molecule has 100 valence electrons. The number of hydrogen-bond acceptors (Lipinski definition) is 1. The van der Waals surface area contributed by atoms with E-state index in [0.29, 0.717) is 17.5 Å². The standard InChI is InChI=1S/C16H17F2N/c1-10-4-3-5-14(16(10)18)15(19)9-12-6-7-13(17)8-11(12)2/h3-8,15H,9,19H2,1-2H3. The normalized spacial score (nSPS) is 12.5. The quantitative estimate of drug-likeness (QED) is 0.893. The summed E-state index contributed by atoms with van der Waals surface area (Å²) in [4.78, 5) is 0. The monoisotopic (exact) mass is 261 g/mol. The Kier molecular flexibility index (Phi) is 3.96. The van der Waals surface area contributed by atoms with E-state index in [4.69, 9.17) is 5.73 Å². The van der Waals surface area contributed by atoms with E-state index >= 15 is 0 Å². The highest BCUT2D eigenvalue weighted by Gasteiger charge is 2.14. The molecule has 0 amide bonds. The maximum absolute atomic E-state index is 14.0. The molecule has 1 atom stereocenters. The van der Waals surface area contributed by atoms with Crippen LogP contribution < -0.4 is 5.73 Å². The molecule has 19 heavy (non-hydrogen) atoms. The summed E-state index contributed by atoms with van der Waals surface area (Å²) in [5.41, 5.74) is 8.94. The Labute approximate surface area is 112 Å². The summed E-state index contributed by atoms with van der Waals surface area (Å²) in [5.74, 6) is -0.522. The van der Waals surface area contributed by atoms with Gasteiger partial charge in [-0.1, -0.05) is 24.3 Å². The average molecular weight is 261 g/mol. The molecule has 0 saturated heterocycles. The number of halogens is 2. The topological polar surface area (TPSA) is 26.0 Å². The molecule has 1 unspecified atom stereocenters. The summed E-state index contributed by atoms with van der Waals surface area (Å²) < 4.78 is 27.0. The number of hydrogen-bond donors (Lipinski definition) is 1. The molecule has 2 aromatic carbocycles. The third kappa shape index (κ3) is 2.99. The van der Waals surface area contributed by atoms with E-state index in [-0.39, 0.29) is 11.6 Å². The van der Waals surface area contributed by atoms with E-state index in [1.165, 1.54) is 12.1 Å². The third-order valence-electron chi connectivity index (χ3n) is 3.37. The third-order valence-corrected chi connectivity index (χ3v) is 3.37. The fourth-order valence-corrected chi connectivity index (χ4v) is 2.19. The zero-order chi connectivity index (χ0) is 14.0. The SMILES string of the molecule is Cc1cc(F)ccc1CC(N)c1cccc(C)c1F. The van der Waals surface area contributed by atoms with Crippen LogP contribution in [0.3, 0.4) is 0 Å². The molecule has 0 aliphatic rings. The van der Waals surface area contributed by atoms with Crippen LogP contribution in [-0.4, -0.2) is 0 Å². The van der Waals surface area contributed by atoms with Crippen molar-refractivity contribution in [2.75, 3.05) is 0 Å². The number of nitrogens with two attached hydrogens (primary N) is 1. The minimum absolute atomic E-state index is 0.255. The summed E-state index contributed by atoms with van der Waals surface area (Å²) in [6.07, 6.45) is 0.493. The Balaban J connectivity index is 2.25. The first-order chi connectivity index (χ1) is 8.99. The molecule has 0 aromatic heterocycles. The molecule has 0 bridgehead atoms. The lowest BCUT2D eigenvalue weighted by molar-refractivity contribution is 0.571. The molecule has 0 spiro atoms. The van der Waals surface area contributed by atoms with Crippen molar-refractivity contribution >= 4 is 0 Å². The minimum atomic E-state index is -0.427. The van der Waals surface area contributed by atoms with Crippen molar-refractivity contribution in [1.82, 2.24) is 0 Å². The number of rotatable bonds is 3. The lowest BCUT2D eigenvalue weighted by Gasteiger charge is -2.15. The van der Waals surface area contributed by atoms with Crippen LogP contribution in [0.25, 0.3) is 0 Å². The van der Waals surface area contributed by atoms with Gasteiger partial charge in [0, 0.05) is 11.6 Å². The number of aryl methyl sites for hydroxylation is 2. The van der Waals surface area contributed by atoms with E-state index in [1.807, 2.05) is 6.92 Å². The molecule has 2 aromatic rings. The van der Waals surface area contributed by atoms with Gasteiger partial charge >= 0.3 is 0 Å². The molecular formula is C16H17F2N. The van der Waals surface area contributed by atoms with Crippen LogP contribution in [0.1, 0.15) is 28.3 Å². The van der Waals surface area contributed by atoms with E-state index in [2.05, 4.69) is 0 Å². The van der Waals surface area contributed by atoms with Gasteiger partial charge in [0.05, 0.1) is 0 Å². The zero-order valence-corrected chi connectivity index (χ0v) is 11.1. The Bertz CT molecular complexity index is 593. The summed E-state index contributed by atoms with van der Waals surface area (Å²) >= 11 is 0. The highest BCUT2D eigenvalue weighted by molar-refractivity contribution is 5.32. The lowest BCUT2D eigenvalue weighted by Crippen LogP contribution is -2.16. The van der Waals surface area contributed by atoms with Gasteiger partial charge in [-0.15, -0.1) is 0 Å². The van der Waals surface area contributed by atoms with Crippen LogP contribution in [0, 0.1) is 25.5 Å². The minimum Gasteiger partial charge on any atom is -0.324 e. The van der Waals surface area contributed by atoms with Crippen LogP contribution in [0.2, 0.25) is 0 Å². The predicted octanol–water partition coefficient (Wildman–Crippen LogP) is 3.82. The average Bonchev–Trinajstić information content (AvgIpc) is 2.36. The predicted molar refractivity (Wildman–Crippen MR) is 72.9 cm³/mol. The van der Waals surface area contributed by atoms with E-state index in [0.717, 1.165) is 11.1 Å². The molecule has 0 radical (unpaired) electrons. The van der Waals surface area contributed by atoms with E-state index in [1.54, 1.807) is 31.2 Å². The largest absolute Gasteiger partial charge is 0.324 e. The highest BCUT2D eigenvalue weighted by atomic mass is 19.1. The van der Waals surface area contributed by atoms with Gasteiger partial charge in [0.25, 0.3) is 0 Å². The molecule has 2 N–H and O–H groups in total. The van der Waals surface area contributed by atoms with Crippen molar-refractivity contribution < 1.29 is 8.78 Å². The molecule has 0 aliphatic carbocycles. The first-order valence-electron chi connectivity index (χ1n) is 6.24. The maximum Gasteiger partial charge on any atom is 0.130 e. The fraction of sp³-hybridized carbons (Fsp3) is 0.250. The van der Waals surface area contributed by atoms with Crippen molar-refractivity contribution in [3.05, 3.63) is 70.3 Å². The van der Waals surface area contributed by atoms with Crippen molar-refractivity contribution in [2.24, 2.45) is 5.73 Å². The first-order valence-corrected chi connectivity index (χ1v) is 6.24. The zero-order valence-electron chi connectivity index (χ0n) is 11.1. The van der Waals surface area contributed by atoms with Crippen molar-refractivity contribution in [3.8, 4) is 0 Å². The Morgan fingerprint density at radius 2 is 1.79 bits per heavy atom. The molecule has 2 rings (SSSR count). The van der Waals surface area contributed by atoms with Crippen LogP contribution >= 0.6 is 0 Å². The summed E-state index contributed by atoms with van der Waals surface area (Å²) in [6, 6.07) is 9.37. The van der Waals surface area contributed by atoms with Gasteiger partial charge in [-0.2, -0.15) is 0 Å². The van der Waals surface area contributed by atoms with Crippen LogP contribution in [0.5, 0.6) is 0 Å². The second-order valence-electron chi connectivity index (χ2n) is 4.86. The summed E-state index contributed by atoms with van der Waals surface area (Å²) in [6.45, 7) is 3.55. The Morgan fingerprint density at radius 3 is 2.47 bits per heavy atom. The molecular weight excluding hydrogens is 244 g/mol. The number of benzene rings is 2. The van der Waals surface area contributed by atoms with Gasteiger partial charge in [-0.3, -0.25) is 0 Å². The molecule has 0 fully saturated rings. The van der Waals surface area contributed by atoms with Crippen LogP contribution in [0.4, 0.5) is 8.78 Å². The fourth-order valence-electron chi connectivity index (χ4n) is 2.19. The smallest absolute Gasteiger partial charge is 0.130 e. The van der Waals surface area contributed by atoms with Crippen molar-refractivity contribution in [2.45, 2.75) is 26.3 Å². The molecule has 0 aliphatic heterocycles. The van der Waals surface area contributed by atoms with Gasteiger partial charge in [0.1, 0.15) is 11.6 Å². The maximum atomic E-state index is 14.0. The first kappa shape index (κ1) is 13.7. The highest BCUT2D eigenvalue weighted by Crippen LogP contribution is 2.23. The van der Waals surface area contributed by atoms with Crippen molar-refractivity contribution in [3.63, 3.8) is 0 Å². The molecule has 1 nitrogen and oxygen atoms in total. The summed E-state index contributed by atoms with van der Waals surface area (Å²) in [5, 5.41) is 0. The lowest BCUT2D eigenvalue weighted by atomic mass is 9.95. The Morgan fingerprint density at radius 1 is 1.05 bits per heavy atom. The molecule has 3 heteroatoms. The molecule has 0 heterocycles. The van der Waals surface area contributed by atoms with Gasteiger partial charge in [-0.25, -0.2) is 8.78 Å². The second kappa shape index (κ2) is 5.49. The van der Waals surface area contributed by atoms with Crippen LogP contribution in [-0.2, 0) is 6.42 Å². The molecule has 0 saturated carbocycles. The van der Waals surface area contributed by atoms with Crippen LogP contribution in [0.15, 0.2) is 36.4 Å². The van der Waals surface area contributed by atoms with Gasteiger partial charge < -0.3 is 5.73 Å². The summed E-state index contributed by atoms with van der Waals surface area (Å²) in [7, 11) is 0.